The Balaban J connectivity index is 1.57. The molecule has 7 heteroatoms. The molecule has 1 aromatic rings. The molecule has 1 saturated heterocycles. The number of nitrogens with one attached hydrogen (secondary N) is 2. The average molecular weight is 346 g/mol. The maximum absolute atomic E-state index is 12.4. The monoisotopic (exact) mass is 346 g/mol. The summed E-state index contributed by atoms with van der Waals surface area (Å²) in [6.07, 6.45) is 3.12. The fraction of sp³-hybridized carbons (Fsp3) is 0.556. The first-order valence-corrected chi connectivity index (χ1v) is 8.67. The van der Waals surface area contributed by atoms with Crippen LogP contribution in [0.15, 0.2) is 29.3 Å². The van der Waals surface area contributed by atoms with Crippen LogP contribution in [0.5, 0.6) is 5.75 Å². The zero-order valence-electron chi connectivity index (χ0n) is 14.8. The average Bonchev–Trinajstić information content (AvgIpc) is 2.97. The predicted octanol–water partition coefficient (Wildman–Crippen LogP) is 0.881. The van der Waals surface area contributed by atoms with Gasteiger partial charge in [-0.25, -0.2) is 0 Å². The fourth-order valence-corrected chi connectivity index (χ4v) is 3.23. The van der Waals surface area contributed by atoms with Gasteiger partial charge in [0.15, 0.2) is 5.96 Å². The molecule has 0 radical (unpaired) electrons. The number of hydrogen-bond donors (Lipinski definition) is 3. The van der Waals surface area contributed by atoms with Gasteiger partial charge in [-0.2, -0.15) is 0 Å². The number of carbonyl (C=O) groups is 1. The molecule has 136 valence electrons. The van der Waals surface area contributed by atoms with Crippen LogP contribution in [0.25, 0.3) is 0 Å². The first-order chi connectivity index (χ1) is 12.0. The number of benzene rings is 1. The van der Waals surface area contributed by atoms with E-state index >= 15 is 0 Å². The fourth-order valence-electron chi connectivity index (χ4n) is 3.23. The molecule has 1 saturated carbocycles. The molecule has 1 amide bonds. The molecule has 1 aliphatic carbocycles. The van der Waals surface area contributed by atoms with E-state index in [0.717, 1.165) is 30.7 Å². The zero-order valence-corrected chi connectivity index (χ0v) is 14.8. The van der Waals surface area contributed by atoms with E-state index in [4.69, 9.17) is 4.74 Å². The summed E-state index contributed by atoms with van der Waals surface area (Å²) in [6.45, 7) is 1.05. The van der Waals surface area contributed by atoms with Gasteiger partial charge in [-0.1, -0.05) is 6.07 Å². The molecule has 7 nitrogen and oxygen atoms in total. The predicted molar refractivity (Wildman–Crippen MR) is 97.1 cm³/mol. The van der Waals surface area contributed by atoms with E-state index in [-0.39, 0.29) is 11.9 Å². The number of ether oxygens (including phenoxy) is 1. The first-order valence-electron chi connectivity index (χ1n) is 8.67. The number of guanidine groups is 1. The van der Waals surface area contributed by atoms with Crippen molar-refractivity contribution in [3.8, 4) is 5.75 Å². The molecule has 1 heterocycles. The highest BCUT2D eigenvalue weighted by Gasteiger charge is 2.35. The van der Waals surface area contributed by atoms with Gasteiger partial charge in [0.05, 0.1) is 18.8 Å². The van der Waals surface area contributed by atoms with Crippen molar-refractivity contribution in [1.29, 1.82) is 0 Å². The number of anilines is 1. The lowest BCUT2D eigenvalue weighted by Crippen LogP contribution is -2.52. The van der Waals surface area contributed by atoms with Crippen molar-refractivity contribution < 1.29 is 14.6 Å². The minimum atomic E-state index is -0.615. The van der Waals surface area contributed by atoms with E-state index in [9.17, 15) is 9.90 Å². The van der Waals surface area contributed by atoms with Gasteiger partial charge in [0, 0.05) is 38.3 Å². The van der Waals surface area contributed by atoms with Gasteiger partial charge in [-0.3, -0.25) is 9.79 Å². The van der Waals surface area contributed by atoms with Gasteiger partial charge < -0.3 is 25.4 Å². The van der Waals surface area contributed by atoms with Crippen LogP contribution in [0, 0.1) is 0 Å². The van der Waals surface area contributed by atoms with E-state index < -0.39 is 5.60 Å². The quantitative estimate of drug-likeness (QED) is 0.544. The molecule has 1 aliphatic heterocycles. The van der Waals surface area contributed by atoms with Crippen molar-refractivity contribution in [2.24, 2.45) is 4.99 Å². The van der Waals surface area contributed by atoms with Crippen LogP contribution in [-0.2, 0) is 4.79 Å². The van der Waals surface area contributed by atoms with Crippen molar-refractivity contribution >= 4 is 17.6 Å². The van der Waals surface area contributed by atoms with E-state index in [1.165, 1.54) is 0 Å². The molecule has 3 rings (SSSR count). The number of carbonyl (C=O) groups excluding carboxylic acids is 1. The van der Waals surface area contributed by atoms with E-state index in [2.05, 4.69) is 15.6 Å². The van der Waals surface area contributed by atoms with Crippen LogP contribution < -0.4 is 20.3 Å². The summed E-state index contributed by atoms with van der Waals surface area (Å²) in [4.78, 5) is 18.3. The molecule has 2 aliphatic rings. The van der Waals surface area contributed by atoms with Gasteiger partial charge in [0.25, 0.3) is 0 Å². The van der Waals surface area contributed by atoms with Gasteiger partial charge in [0.2, 0.25) is 5.91 Å². The minimum Gasteiger partial charge on any atom is -0.497 e. The summed E-state index contributed by atoms with van der Waals surface area (Å²) in [5.41, 5.74) is 0.218. The van der Waals surface area contributed by atoms with Crippen molar-refractivity contribution in [1.82, 2.24) is 10.6 Å². The Hall–Kier alpha value is -2.28. The lowest BCUT2D eigenvalue weighted by Gasteiger charge is -2.37. The molecule has 3 N–H and O–H groups in total. The molecular formula is C18H26N4O3. The van der Waals surface area contributed by atoms with E-state index in [1.54, 1.807) is 19.1 Å². The van der Waals surface area contributed by atoms with Crippen LogP contribution in [0.4, 0.5) is 5.69 Å². The Morgan fingerprint density at radius 2 is 2.28 bits per heavy atom. The van der Waals surface area contributed by atoms with Crippen molar-refractivity contribution in [3.05, 3.63) is 24.3 Å². The maximum atomic E-state index is 12.4. The number of amides is 1. The molecular weight excluding hydrogens is 320 g/mol. The maximum Gasteiger partial charge on any atom is 0.229 e. The van der Waals surface area contributed by atoms with Gasteiger partial charge in [-0.15, -0.1) is 0 Å². The molecule has 0 aromatic heterocycles. The second-order valence-electron chi connectivity index (χ2n) is 6.75. The summed E-state index contributed by atoms with van der Waals surface area (Å²) in [5, 5.41) is 16.6. The highest BCUT2D eigenvalue weighted by Crippen LogP contribution is 2.30. The molecule has 0 spiro atoms. The third-order valence-corrected chi connectivity index (χ3v) is 4.92. The van der Waals surface area contributed by atoms with Crippen LogP contribution in [0.2, 0.25) is 0 Å². The Labute approximate surface area is 148 Å². The summed E-state index contributed by atoms with van der Waals surface area (Å²) in [7, 11) is 3.30. The largest absolute Gasteiger partial charge is 0.497 e. The molecule has 25 heavy (non-hydrogen) atoms. The van der Waals surface area contributed by atoms with Crippen molar-refractivity contribution in [2.75, 3.05) is 32.1 Å². The summed E-state index contributed by atoms with van der Waals surface area (Å²) in [5.74, 6) is 1.41. The summed E-state index contributed by atoms with van der Waals surface area (Å²) >= 11 is 0. The third-order valence-electron chi connectivity index (χ3n) is 4.92. The van der Waals surface area contributed by atoms with Crippen LogP contribution in [-0.4, -0.2) is 55.9 Å². The standard InChI is InChI=1S/C18H26N4O3/c1-19-17(20-12-18(24)7-4-8-18)21-13-9-16(23)22(11-13)14-5-3-6-15(10-14)25-2/h3,5-6,10,13,24H,4,7-9,11-12H2,1-2H3,(H2,19,20,21). The first kappa shape index (κ1) is 17.5. The molecule has 0 bridgehead atoms. The van der Waals surface area contributed by atoms with Gasteiger partial charge in [0.1, 0.15) is 5.75 Å². The number of methoxy groups -OCH3 is 1. The number of aliphatic imine (C=N–C) groups is 1. The number of nitrogens with zero attached hydrogens (tertiary/aromatic N) is 2. The highest BCUT2D eigenvalue weighted by molar-refractivity contribution is 5.97. The topological polar surface area (TPSA) is 86.2 Å². The SMILES string of the molecule is CN=C(NCC1(O)CCC1)NC1CC(=O)N(c2cccc(OC)c2)C1. The Morgan fingerprint density at radius 1 is 1.48 bits per heavy atom. The van der Waals surface area contributed by atoms with Crippen LogP contribution in [0.3, 0.4) is 0 Å². The van der Waals surface area contributed by atoms with E-state index in [1.807, 2.05) is 24.3 Å². The highest BCUT2D eigenvalue weighted by atomic mass is 16.5. The smallest absolute Gasteiger partial charge is 0.229 e. The van der Waals surface area contributed by atoms with Crippen LogP contribution >= 0.6 is 0 Å². The minimum absolute atomic E-state index is 0.0269. The zero-order chi connectivity index (χ0) is 17.9. The second-order valence-corrected chi connectivity index (χ2v) is 6.75. The molecule has 1 atom stereocenters. The third kappa shape index (κ3) is 4.04. The Kier molecular flexibility index (Phi) is 5.13. The van der Waals surface area contributed by atoms with Crippen molar-refractivity contribution in [2.45, 2.75) is 37.3 Å². The lowest BCUT2D eigenvalue weighted by molar-refractivity contribution is -0.117. The Bertz CT molecular complexity index is 657. The molecule has 2 fully saturated rings. The number of aliphatic hydroxyl groups is 1. The normalized spacial score (nSPS) is 22.5. The van der Waals surface area contributed by atoms with Crippen molar-refractivity contribution in [3.63, 3.8) is 0 Å². The van der Waals surface area contributed by atoms with Crippen LogP contribution in [0.1, 0.15) is 25.7 Å². The van der Waals surface area contributed by atoms with Gasteiger partial charge in [-0.05, 0) is 31.4 Å². The number of hydrogen-bond acceptors (Lipinski definition) is 4. The van der Waals surface area contributed by atoms with Gasteiger partial charge >= 0.3 is 0 Å². The van der Waals surface area contributed by atoms with E-state index in [0.29, 0.717) is 25.5 Å². The Morgan fingerprint density at radius 3 is 2.92 bits per heavy atom. The second kappa shape index (κ2) is 7.31. The summed E-state index contributed by atoms with van der Waals surface area (Å²) in [6, 6.07) is 7.47. The lowest BCUT2D eigenvalue weighted by atomic mass is 9.80. The summed E-state index contributed by atoms with van der Waals surface area (Å²) < 4.78 is 5.23. The number of rotatable bonds is 5. The molecule has 1 aromatic carbocycles. The molecule has 1 unspecified atom stereocenters.